The third kappa shape index (κ3) is 5.20. The van der Waals surface area contributed by atoms with Crippen molar-refractivity contribution in [2.24, 2.45) is 4.99 Å². The Morgan fingerprint density at radius 1 is 1.33 bits per heavy atom. The van der Waals surface area contributed by atoms with Crippen LogP contribution in [-0.2, 0) is 29.3 Å². The van der Waals surface area contributed by atoms with Gasteiger partial charge in [-0.3, -0.25) is 25.2 Å². The number of aliphatic imine (C=N–C) groups is 1. The van der Waals surface area contributed by atoms with E-state index in [1.165, 1.54) is 11.4 Å². The molecule has 2 aliphatic rings. The van der Waals surface area contributed by atoms with Crippen LogP contribution in [0.1, 0.15) is 22.9 Å². The zero-order valence-electron chi connectivity index (χ0n) is 16.9. The summed E-state index contributed by atoms with van der Waals surface area (Å²) in [6.45, 7) is 1.60. The summed E-state index contributed by atoms with van der Waals surface area (Å²) in [5.41, 5.74) is 4.60. The molecule has 0 saturated carbocycles. The fraction of sp³-hybridized carbons (Fsp3) is 0.368. The Morgan fingerprint density at radius 2 is 2.07 bits per heavy atom. The molecule has 1 atom stereocenters. The van der Waals surface area contributed by atoms with Crippen molar-refractivity contribution in [3.05, 3.63) is 53.3 Å². The molecule has 1 fully saturated rings. The van der Waals surface area contributed by atoms with E-state index in [0.717, 1.165) is 30.2 Å². The van der Waals surface area contributed by atoms with Crippen molar-refractivity contribution in [3.8, 4) is 0 Å². The summed E-state index contributed by atoms with van der Waals surface area (Å²) >= 11 is 0. The molecule has 11 heteroatoms. The summed E-state index contributed by atoms with van der Waals surface area (Å²) in [5, 5.41) is 20.4. The molecule has 1 saturated heterocycles. The summed E-state index contributed by atoms with van der Waals surface area (Å²) in [7, 11) is 2.56. The number of benzene rings is 1. The molecule has 0 radical (unpaired) electrons. The van der Waals surface area contributed by atoms with Gasteiger partial charge in [0.25, 0.3) is 0 Å². The van der Waals surface area contributed by atoms with Gasteiger partial charge in [0, 0.05) is 19.7 Å². The highest BCUT2D eigenvalue weighted by Gasteiger charge is 2.45. The molecule has 2 amide bonds. The van der Waals surface area contributed by atoms with Crippen LogP contribution < -0.4 is 5.48 Å². The van der Waals surface area contributed by atoms with Gasteiger partial charge in [-0.25, -0.2) is 4.79 Å². The minimum Gasteiger partial charge on any atom is -0.400 e. The van der Waals surface area contributed by atoms with Crippen LogP contribution in [0.15, 0.2) is 41.5 Å². The van der Waals surface area contributed by atoms with E-state index in [0.29, 0.717) is 19.7 Å². The number of hydrogen-bond donors (Lipinski definition) is 3. The number of nitrogens with one attached hydrogen (secondary N) is 1. The second kappa shape index (κ2) is 11.7. The number of hydroxylamine groups is 3. The molecular formula is C19H26N6O5. The molecule has 11 nitrogen and oxygen atoms in total. The summed E-state index contributed by atoms with van der Waals surface area (Å²) in [6.07, 6.45) is 3.73. The number of rotatable bonds is 6. The predicted molar refractivity (Wildman–Crippen MR) is 107 cm³/mol. The second-order valence-corrected chi connectivity index (χ2v) is 6.18. The average molecular weight is 418 g/mol. The number of aliphatic hydroxyl groups is 1. The van der Waals surface area contributed by atoms with E-state index < -0.39 is 0 Å². The zero-order valence-corrected chi connectivity index (χ0v) is 16.9. The smallest absolute Gasteiger partial charge is 0.345 e. The quantitative estimate of drug-likeness (QED) is 0.273. The lowest BCUT2D eigenvalue weighted by Gasteiger charge is -2.23. The first-order chi connectivity index (χ1) is 14.7. The van der Waals surface area contributed by atoms with Crippen molar-refractivity contribution < 1.29 is 24.7 Å². The van der Waals surface area contributed by atoms with E-state index in [1.54, 1.807) is 28.3 Å². The van der Waals surface area contributed by atoms with Crippen LogP contribution >= 0.6 is 0 Å². The number of aldehydes is 1. The maximum absolute atomic E-state index is 12.5. The second-order valence-electron chi connectivity index (χ2n) is 6.18. The molecule has 3 heterocycles. The number of aromatic nitrogens is 2. The minimum absolute atomic E-state index is 0.139. The molecule has 3 N–H and O–H groups in total. The van der Waals surface area contributed by atoms with Crippen LogP contribution in [0.5, 0.6) is 0 Å². The highest BCUT2D eigenvalue weighted by molar-refractivity contribution is 5.77. The molecule has 2 aromatic rings. The fourth-order valence-corrected chi connectivity index (χ4v) is 3.20. The third-order valence-electron chi connectivity index (χ3n) is 4.46. The number of amides is 2. The monoisotopic (exact) mass is 418 g/mol. The molecule has 1 aromatic heterocycles. The number of carbonyl (C=O) groups is 2. The van der Waals surface area contributed by atoms with E-state index in [9.17, 15) is 9.59 Å². The van der Waals surface area contributed by atoms with Gasteiger partial charge in [0.05, 0.1) is 31.5 Å². The number of urea groups is 1. The molecule has 1 unspecified atom stereocenters. The molecule has 162 valence electrons. The molecule has 2 bridgehead atoms. The Hall–Kier alpha value is -3.28. The lowest BCUT2D eigenvalue weighted by atomic mass is 10.1. The SMILES string of the molecule is CN=CNO.CO.O=CCn1ncc2c1CN1CC2N(OCc2ccccc2)C1=O. The first-order valence-electron chi connectivity index (χ1n) is 9.17. The Bertz CT molecular complexity index is 841. The van der Waals surface area contributed by atoms with Gasteiger partial charge in [-0.1, -0.05) is 30.3 Å². The number of carbonyl (C=O) groups excluding carboxylic acids is 2. The molecule has 1 aromatic carbocycles. The van der Waals surface area contributed by atoms with Crippen LogP contribution in [0, 0.1) is 0 Å². The molecule has 0 aliphatic carbocycles. The average Bonchev–Trinajstić information content (AvgIpc) is 3.30. The number of hydrogen-bond acceptors (Lipinski definition) is 7. The van der Waals surface area contributed by atoms with Gasteiger partial charge in [-0.15, -0.1) is 0 Å². The molecular weight excluding hydrogens is 392 g/mol. The van der Waals surface area contributed by atoms with Crippen molar-refractivity contribution in [2.45, 2.75) is 25.7 Å². The molecule has 4 rings (SSSR count). The highest BCUT2D eigenvalue weighted by Crippen LogP contribution is 2.37. The first-order valence-corrected chi connectivity index (χ1v) is 9.17. The lowest BCUT2D eigenvalue weighted by molar-refractivity contribution is -0.141. The summed E-state index contributed by atoms with van der Waals surface area (Å²) in [5.74, 6) is 0. The highest BCUT2D eigenvalue weighted by atomic mass is 16.7. The third-order valence-corrected chi connectivity index (χ3v) is 4.46. The first kappa shape index (κ1) is 23.0. The van der Waals surface area contributed by atoms with Crippen molar-refractivity contribution >= 4 is 18.7 Å². The Labute approximate surface area is 174 Å². The topological polar surface area (TPSA) is 133 Å². The Balaban J connectivity index is 0.000000404. The van der Waals surface area contributed by atoms with Crippen molar-refractivity contribution in [2.75, 3.05) is 20.7 Å². The zero-order chi connectivity index (χ0) is 21.9. The summed E-state index contributed by atoms with van der Waals surface area (Å²) in [4.78, 5) is 34.1. The van der Waals surface area contributed by atoms with Gasteiger partial charge in [0.1, 0.15) is 25.3 Å². The fourth-order valence-electron chi connectivity index (χ4n) is 3.20. The van der Waals surface area contributed by atoms with E-state index in [2.05, 4.69) is 10.1 Å². The maximum Gasteiger partial charge on any atom is 0.345 e. The Morgan fingerprint density at radius 3 is 2.67 bits per heavy atom. The van der Waals surface area contributed by atoms with Gasteiger partial charge >= 0.3 is 6.03 Å². The standard InChI is InChI=1S/C16H16N4O3.C2H6N2O.CH4O/c21-7-6-19-14-9-18-10-15(13(14)8-17-19)20(16(18)22)23-11-12-4-2-1-3-5-12;1-3-2-4-5;1-2/h1-5,7-8,15H,6,9-11H2;2,5H,1H3,(H,3,4);2H,1H3. The molecule has 2 aliphatic heterocycles. The van der Waals surface area contributed by atoms with E-state index >= 15 is 0 Å². The van der Waals surface area contributed by atoms with Crippen LogP contribution in [0.2, 0.25) is 0 Å². The molecule has 30 heavy (non-hydrogen) atoms. The van der Waals surface area contributed by atoms with Crippen LogP contribution in [-0.4, -0.2) is 69.4 Å². The summed E-state index contributed by atoms with van der Waals surface area (Å²) < 4.78 is 1.65. The van der Waals surface area contributed by atoms with Gasteiger partial charge < -0.3 is 14.8 Å². The van der Waals surface area contributed by atoms with Crippen LogP contribution in [0.3, 0.4) is 0 Å². The van der Waals surface area contributed by atoms with Crippen molar-refractivity contribution in [3.63, 3.8) is 0 Å². The minimum atomic E-state index is -0.171. The number of aliphatic hydroxyl groups excluding tert-OH is 1. The van der Waals surface area contributed by atoms with E-state index in [1.807, 2.05) is 30.3 Å². The largest absolute Gasteiger partial charge is 0.400 e. The van der Waals surface area contributed by atoms with Crippen molar-refractivity contribution in [1.82, 2.24) is 25.2 Å². The van der Waals surface area contributed by atoms with Gasteiger partial charge in [-0.05, 0) is 5.56 Å². The maximum atomic E-state index is 12.5. The van der Waals surface area contributed by atoms with Crippen molar-refractivity contribution in [1.29, 1.82) is 0 Å². The van der Waals surface area contributed by atoms with E-state index in [4.69, 9.17) is 15.2 Å². The van der Waals surface area contributed by atoms with Gasteiger partial charge in [-0.2, -0.15) is 10.2 Å². The summed E-state index contributed by atoms with van der Waals surface area (Å²) in [6, 6.07) is 9.43. The van der Waals surface area contributed by atoms with Gasteiger partial charge in [0.15, 0.2) is 0 Å². The van der Waals surface area contributed by atoms with Gasteiger partial charge in [0.2, 0.25) is 0 Å². The van der Waals surface area contributed by atoms with Crippen LogP contribution in [0.25, 0.3) is 0 Å². The number of fused-ring (bicyclic) bond motifs is 4. The van der Waals surface area contributed by atoms with Crippen LogP contribution in [0.4, 0.5) is 4.79 Å². The normalized spacial score (nSPS) is 16.4. The Kier molecular flexibility index (Phi) is 8.94. The molecule has 0 spiro atoms. The van der Waals surface area contributed by atoms with E-state index in [-0.39, 0.29) is 18.6 Å². The lowest BCUT2D eigenvalue weighted by Crippen LogP contribution is -2.31. The predicted octanol–water partition coefficient (Wildman–Crippen LogP) is 0.738. The number of nitrogens with zero attached hydrogens (tertiary/aromatic N) is 5.